The van der Waals surface area contributed by atoms with Crippen LogP contribution >= 0.6 is 0 Å². The Morgan fingerprint density at radius 1 is 0.450 bits per heavy atom. The van der Waals surface area contributed by atoms with Crippen LogP contribution in [0.1, 0.15) is 284 Å². The second kappa shape index (κ2) is 50.0. The molecule has 3 N–H and O–H groups in total. The molecular formula is C54H103NO5. The Balaban J connectivity index is 3.42. The highest BCUT2D eigenvalue weighted by molar-refractivity contribution is 5.76. The number of nitrogens with one attached hydrogen (secondary N) is 1. The van der Waals surface area contributed by atoms with Crippen LogP contribution in [0.25, 0.3) is 0 Å². The van der Waals surface area contributed by atoms with Crippen LogP contribution in [-0.4, -0.2) is 47.4 Å². The van der Waals surface area contributed by atoms with E-state index in [9.17, 15) is 19.8 Å². The summed E-state index contributed by atoms with van der Waals surface area (Å²) >= 11 is 0. The minimum Gasteiger partial charge on any atom is -0.466 e. The molecule has 0 heterocycles. The molecule has 1 amide bonds. The lowest BCUT2D eigenvalue weighted by Gasteiger charge is -2.22. The number of carbonyl (C=O) groups is 2. The van der Waals surface area contributed by atoms with Gasteiger partial charge in [0.25, 0.3) is 0 Å². The summed E-state index contributed by atoms with van der Waals surface area (Å²) in [7, 11) is 0. The minimum absolute atomic E-state index is 0.00324. The van der Waals surface area contributed by atoms with Gasteiger partial charge in [0.2, 0.25) is 5.91 Å². The molecule has 2 unspecified atom stereocenters. The quantitative estimate of drug-likeness (QED) is 0.0322. The Bertz CT molecular complexity index is 935. The van der Waals surface area contributed by atoms with Crippen molar-refractivity contribution in [2.24, 2.45) is 0 Å². The maximum absolute atomic E-state index is 12.4. The number of esters is 1. The molecule has 0 aliphatic heterocycles. The van der Waals surface area contributed by atoms with Crippen molar-refractivity contribution < 1.29 is 24.5 Å². The predicted molar refractivity (Wildman–Crippen MR) is 260 cm³/mol. The first-order valence-corrected chi connectivity index (χ1v) is 26.6. The monoisotopic (exact) mass is 846 g/mol. The molecule has 2 atom stereocenters. The van der Waals surface area contributed by atoms with Gasteiger partial charge in [-0.3, -0.25) is 9.59 Å². The lowest BCUT2D eigenvalue weighted by Crippen LogP contribution is -2.45. The van der Waals surface area contributed by atoms with Gasteiger partial charge in [-0.05, 0) is 70.6 Å². The smallest absolute Gasteiger partial charge is 0.305 e. The van der Waals surface area contributed by atoms with Crippen molar-refractivity contribution in [1.29, 1.82) is 0 Å². The molecule has 60 heavy (non-hydrogen) atoms. The van der Waals surface area contributed by atoms with Crippen molar-refractivity contribution in [3.63, 3.8) is 0 Å². The van der Waals surface area contributed by atoms with E-state index in [1.807, 2.05) is 0 Å². The molecule has 0 rings (SSSR count). The van der Waals surface area contributed by atoms with Crippen molar-refractivity contribution in [2.75, 3.05) is 13.2 Å². The van der Waals surface area contributed by atoms with Gasteiger partial charge >= 0.3 is 5.97 Å². The van der Waals surface area contributed by atoms with Crippen LogP contribution in [0, 0.1) is 0 Å². The predicted octanol–water partition coefficient (Wildman–Crippen LogP) is 15.9. The number of unbranched alkanes of at least 4 members (excludes halogenated alkanes) is 34. The molecule has 6 nitrogen and oxygen atoms in total. The highest BCUT2D eigenvalue weighted by atomic mass is 16.5. The van der Waals surface area contributed by atoms with Crippen LogP contribution in [-0.2, 0) is 14.3 Å². The van der Waals surface area contributed by atoms with E-state index in [0.29, 0.717) is 25.9 Å². The maximum atomic E-state index is 12.4. The van der Waals surface area contributed by atoms with Gasteiger partial charge in [-0.1, -0.05) is 224 Å². The molecule has 0 radical (unpaired) electrons. The average molecular weight is 846 g/mol. The summed E-state index contributed by atoms with van der Waals surface area (Å²) in [4.78, 5) is 24.4. The number of allylic oxidation sites excluding steroid dienone is 4. The average Bonchev–Trinajstić information content (AvgIpc) is 3.25. The lowest BCUT2D eigenvalue weighted by atomic mass is 10.0. The van der Waals surface area contributed by atoms with E-state index in [1.54, 1.807) is 0 Å². The Morgan fingerprint density at radius 2 is 0.800 bits per heavy atom. The fourth-order valence-corrected chi connectivity index (χ4v) is 8.08. The van der Waals surface area contributed by atoms with Crippen molar-refractivity contribution in [3.8, 4) is 0 Å². The van der Waals surface area contributed by atoms with Crippen molar-refractivity contribution in [2.45, 2.75) is 296 Å². The van der Waals surface area contributed by atoms with E-state index in [1.165, 1.54) is 205 Å². The number of ether oxygens (including phenoxy) is 1. The van der Waals surface area contributed by atoms with E-state index in [4.69, 9.17) is 4.74 Å². The van der Waals surface area contributed by atoms with Crippen LogP contribution in [0.2, 0.25) is 0 Å². The van der Waals surface area contributed by atoms with Crippen LogP contribution in [0.4, 0.5) is 0 Å². The van der Waals surface area contributed by atoms with Gasteiger partial charge in [0, 0.05) is 12.8 Å². The van der Waals surface area contributed by atoms with Crippen molar-refractivity contribution >= 4 is 11.9 Å². The third-order valence-corrected chi connectivity index (χ3v) is 12.2. The molecule has 0 aromatic rings. The summed E-state index contributed by atoms with van der Waals surface area (Å²) in [5.74, 6) is -0.0472. The Kier molecular flexibility index (Phi) is 48.6. The van der Waals surface area contributed by atoms with Crippen LogP contribution < -0.4 is 5.32 Å². The second-order valence-electron chi connectivity index (χ2n) is 18.2. The molecule has 0 bridgehead atoms. The molecule has 0 saturated heterocycles. The molecule has 0 aromatic carbocycles. The second-order valence-corrected chi connectivity index (χ2v) is 18.2. The standard InChI is InChI=1S/C54H103NO5/c1-3-5-7-9-11-13-26-30-34-38-42-46-52(57)51(50-56)55-53(58)47-43-39-35-31-28-24-22-20-18-16-15-17-19-21-23-25-29-33-37-41-45-49-60-54(59)48-44-40-36-32-27-14-12-10-8-6-4-2/h10,12,16,18,51-52,56-57H,3-9,11,13-15,17,19-50H2,1-2H3,(H,55,58)/b12-10-,18-16-. The van der Waals surface area contributed by atoms with E-state index in [-0.39, 0.29) is 18.5 Å². The fourth-order valence-electron chi connectivity index (χ4n) is 8.08. The van der Waals surface area contributed by atoms with E-state index in [0.717, 1.165) is 44.9 Å². The Morgan fingerprint density at radius 3 is 1.23 bits per heavy atom. The number of hydrogen-bond donors (Lipinski definition) is 3. The fraction of sp³-hybridized carbons (Fsp3) is 0.889. The zero-order chi connectivity index (χ0) is 43.7. The SMILES string of the molecule is CCCC/C=C\CCCCCCCC(=O)OCCCCCCCCCCCC/C=C\CCCCCCCCCC(=O)NC(CO)C(O)CCCCCCCCCCCCC. The first-order chi connectivity index (χ1) is 29.5. The van der Waals surface area contributed by atoms with Gasteiger partial charge in [0.05, 0.1) is 25.4 Å². The van der Waals surface area contributed by atoms with Gasteiger partial charge in [-0.25, -0.2) is 0 Å². The Hall–Kier alpha value is -1.66. The number of amides is 1. The van der Waals surface area contributed by atoms with Crippen molar-refractivity contribution in [1.82, 2.24) is 5.32 Å². The summed E-state index contributed by atoms with van der Waals surface area (Å²) in [6.45, 7) is 4.89. The van der Waals surface area contributed by atoms with Gasteiger partial charge in [0.1, 0.15) is 0 Å². The van der Waals surface area contributed by atoms with Gasteiger partial charge in [-0.2, -0.15) is 0 Å². The number of aliphatic hydroxyl groups excluding tert-OH is 2. The first-order valence-electron chi connectivity index (χ1n) is 26.6. The summed E-state index contributed by atoms with van der Waals surface area (Å²) in [6, 6.07) is -0.545. The molecule has 354 valence electrons. The highest BCUT2D eigenvalue weighted by Gasteiger charge is 2.20. The lowest BCUT2D eigenvalue weighted by molar-refractivity contribution is -0.143. The molecule has 0 saturated carbocycles. The van der Waals surface area contributed by atoms with Crippen LogP contribution in [0.3, 0.4) is 0 Å². The molecule has 0 aliphatic rings. The summed E-state index contributed by atoms with van der Waals surface area (Å²) in [5.41, 5.74) is 0. The minimum atomic E-state index is -0.667. The summed E-state index contributed by atoms with van der Waals surface area (Å²) < 4.78 is 5.45. The van der Waals surface area contributed by atoms with Gasteiger partial charge < -0.3 is 20.3 Å². The Labute approximate surface area is 373 Å². The number of aliphatic hydroxyl groups is 2. The first kappa shape index (κ1) is 58.3. The normalized spacial score (nSPS) is 12.8. The van der Waals surface area contributed by atoms with Crippen molar-refractivity contribution in [3.05, 3.63) is 24.3 Å². The highest BCUT2D eigenvalue weighted by Crippen LogP contribution is 2.16. The molecule has 0 fully saturated rings. The maximum Gasteiger partial charge on any atom is 0.305 e. The van der Waals surface area contributed by atoms with E-state index < -0.39 is 12.1 Å². The molecule has 0 spiro atoms. The number of hydrogen-bond acceptors (Lipinski definition) is 5. The van der Waals surface area contributed by atoms with E-state index in [2.05, 4.69) is 43.5 Å². The third kappa shape index (κ3) is 45.9. The molecule has 6 heteroatoms. The zero-order valence-electron chi connectivity index (χ0n) is 40.2. The van der Waals surface area contributed by atoms with E-state index >= 15 is 0 Å². The molecular weight excluding hydrogens is 743 g/mol. The summed E-state index contributed by atoms with van der Waals surface area (Å²) in [5, 5.41) is 23.1. The molecule has 0 aromatic heterocycles. The van der Waals surface area contributed by atoms with Crippen LogP contribution in [0.15, 0.2) is 24.3 Å². The van der Waals surface area contributed by atoms with Crippen LogP contribution in [0.5, 0.6) is 0 Å². The van der Waals surface area contributed by atoms with Gasteiger partial charge in [-0.15, -0.1) is 0 Å². The number of carbonyl (C=O) groups excluding carboxylic acids is 2. The summed E-state index contributed by atoms with van der Waals surface area (Å²) in [6.07, 6.45) is 58.7. The largest absolute Gasteiger partial charge is 0.466 e. The van der Waals surface area contributed by atoms with Gasteiger partial charge in [0.15, 0.2) is 0 Å². The topological polar surface area (TPSA) is 95.9 Å². The third-order valence-electron chi connectivity index (χ3n) is 12.2. The zero-order valence-corrected chi connectivity index (χ0v) is 40.2. The molecule has 0 aliphatic carbocycles. The number of rotatable bonds is 49.